The summed E-state index contributed by atoms with van der Waals surface area (Å²) < 4.78 is 24.5. The summed E-state index contributed by atoms with van der Waals surface area (Å²) >= 11 is 1.41. The topological polar surface area (TPSA) is 66.8 Å². The van der Waals surface area contributed by atoms with Crippen molar-refractivity contribution in [2.45, 2.75) is 31.1 Å². The number of rotatable bonds is 3. The van der Waals surface area contributed by atoms with Gasteiger partial charge in [0.1, 0.15) is 0 Å². The van der Waals surface area contributed by atoms with E-state index in [4.69, 9.17) is 0 Å². The molecule has 146 valence electrons. The van der Waals surface area contributed by atoms with Gasteiger partial charge in [-0.25, -0.2) is 8.42 Å². The number of thioether (sulfide) groups is 1. The van der Waals surface area contributed by atoms with E-state index in [-0.39, 0.29) is 34.6 Å². The minimum atomic E-state index is -3.09. The Balaban J connectivity index is 1.78. The highest BCUT2D eigenvalue weighted by molar-refractivity contribution is 8.16. The molecule has 2 aromatic rings. The summed E-state index contributed by atoms with van der Waals surface area (Å²) in [5, 5.41) is 0.486. The van der Waals surface area contributed by atoms with Gasteiger partial charge < -0.3 is 4.90 Å². The average molecular weight is 415 g/mol. The Hall–Kier alpha value is -2.12. The number of amides is 1. The Morgan fingerprint density at radius 3 is 2.46 bits per heavy atom. The van der Waals surface area contributed by atoms with Crippen LogP contribution in [0.15, 0.2) is 59.6 Å². The van der Waals surface area contributed by atoms with Gasteiger partial charge in [-0.2, -0.15) is 4.99 Å². The smallest absolute Gasteiger partial charge is 0.279 e. The molecule has 5 nitrogen and oxygen atoms in total. The van der Waals surface area contributed by atoms with Gasteiger partial charge in [0.15, 0.2) is 15.0 Å². The first kappa shape index (κ1) is 19.2. The first-order valence-electron chi connectivity index (χ1n) is 9.29. The van der Waals surface area contributed by atoms with Crippen molar-refractivity contribution in [1.29, 1.82) is 0 Å². The van der Waals surface area contributed by atoms with Crippen molar-refractivity contribution in [3.63, 3.8) is 0 Å². The molecule has 2 heterocycles. The van der Waals surface area contributed by atoms with E-state index in [1.807, 2.05) is 41.3 Å². The van der Waals surface area contributed by atoms with Crippen LogP contribution in [0.3, 0.4) is 0 Å². The molecule has 28 heavy (non-hydrogen) atoms. The van der Waals surface area contributed by atoms with E-state index in [0.717, 1.165) is 11.3 Å². The number of aliphatic imine (C=N–C) groups is 1. The van der Waals surface area contributed by atoms with Crippen LogP contribution in [0, 0.1) is 0 Å². The highest BCUT2D eigenvalue weighted by Gasteiger charge is 2.49. The maximum Gasteiger partial charge on any atom is 0.279 e. The predicted octanol–water partition coefficient (Wildman–Crippen LogP) is 3.73. The van der Waals surface area contributed by atoms with Gasteiger partial charge in [-0.1, -0.05) is 62.0 Å². The Bertz CT molecular complexity index is 1030. The number of hydrogen-bond acceptors (Lipinski definition) is 4. The number of fused-ring (bicyclic) bond motifs is 1. The summed E-state index contributed by atoms with van der Waals surface area (Å²) in [7, 11) is -3.09. The van der Waals surface area contributed by atoms with Gasteiger partial charge >= 0.3 is 0 Å². The van der Waals surface area contributed by atoms with Crippen LogP contribution >= 0.6 is 11.8 Å². The lowest BCUT2D eigenvalue weighted by atomic mass is 9.99. The lowest BCUT2D eigenvalue weighted by Crippen LogP contribution is -2.38. The fraction of sp³-hybridized carbons (Fsp3) is 0.333. The first-order chi connectivity index (χ1) is 13.4. The summed E-state index contributed by atoms with van der Waals surface area (Å²) in [5.74, 6) is 0.180. The number of amidine groups is 1. The summed E-state index contributed by atoms with van der Waals surface area (Å²) in [6, 6.07) is 16.7. The van der Waals surface area contributed by atoms with E-state index in [9.17, 15) is 13.2 Å². The highest BCUT2D eigenvalue weighted by Crippen LogP contribution is 2.43. The second-order valence-electron chi connectivity index (χ2n) is 7.45. The molecular formula is C21H22N2O3S2. The Morgan fingerprint density at radius 1 is 1.07 bits per heavy atom. The van der Waals surface area contributed by atoms with Crippen LogP contribution in [-0.4, -0.2) is 42.3 Å². The quantitative estimate of drug-likeness (QED) is 0.766. The third kappa shape index (κ3) is 3.61. The Morgan fingerprint density at radius 2 is 1.75 bits per heavy atom. The van der Waals surface area contributed by atoms with Crippen LogP contribution < -0.4 is 4.90 Å². The molecule has 2 saturated heterocycles. The van der Waals surface area contributed by atoms with Gasteiger partial charge in [0.2, 0.25) is 0 Å². The first-order valence-corrected chi connectivity index (χ1v) is 12.0. The molecule has 2 aliphatic rings. The lowest BCUT2D eigenvalue weighted by molar-refractivity contribution is 0.100. The number of nitrogens with zero attached hydrogens (tertiary/aromatic N) is 2. The van der Waals surface area contributed by atoms with Gasteiger partial charge in [0.25, 0.3) is 5.91 Å². The molecule has 4 rings (SSSR count). The molecule has 0 radical (unpaired) electrons. The normalized spacial score (nSPS) is 24.7. The number of carbonyl (C=O) groups excluding carboxylic acids is 1. The van der Waals surface area contributed by atoms with Crippen molar-refractivity contribution in [2.75, 3.05) is 16.4 Å². The van der Waals surface area contributed by atoms with Crippen molar-refractivity contribution in [1.82, 2.24) is 0 Å². The van der Waals surface area contributed by atoms with E-state index in [0.29, 0.717) is 10.7 Å². The van der Waals surface area contributed by atoms with Gasteiger partial charge in [0.05, 0.1) is 17.5 Å². The van der Waals surface area contributed by atoms with Gasteiger partial charge in [0, 0.05) is 16.5 Å². The number of hydrogen-bond donors (Lipinski definition) is 0. The molecular weight excluding hydrogens is 392 g/mol. The summed E-state index contributed by atoms with van der Waals surface area (Å²) in [6.45, 7) is 4.22. The molecule has 0 unspecified atom stereocenters. The molecule has 0 N–H and O–H groups in total. The maximum atomic E-state index is 12.7. The fourth-order valence-corrected chi connectivity index (χ4v) is 7.68. The number of sulfone groups is 1. The zero-order chi connectivity index (χ0) is 19.9. The zero-order valence-electron chi connectivity index (χ0n) is 15.8. The zero-order valence-corrected chi connectivity index (χ0v) is 17.4. The molecule has 2 atom stereocenters. The summed E-state index contributed by atoms with van der Waals surface area (Å²) in [6.07, 6.45) is 0. The molecule has 0 aliphatic carbocycles. The third-order valence-corrected chi connectivity index (χ3v) is 8.31. The van der Waals surface area contributed by atoms with E-state index < -0.39 is 9.84 Å². The van der Waals surface area contributed by atoms with Crippen molar-refractivity contribution in [2.24, 2.45) is 4.99 Å². The standard InChI is InChI=1S/C21H22N2O3S2/c1-14(2)16-10-6-7-11-17(16)23-18-12-28(25,26)13-19(18)27-21(23)22-20(24)15-8-4-3-5-9-15/h3-11,14,18-19H,12-13H2,1-2H3/t18-,19+/m0/s1. The highest BCUT2D eigenvalue weighted by atomic mass is 32.2. The second-order valence-corrected chi connectivity index (χ2v) is 10.8. The molecule has 0 aromatic heterocycles. The van der Waals surface area contributed by atoms with E-state index in [1.165, 1.54) is 11.8 Å². The predicted molar refractivity (Wildman–Crippen MR) is 115 cm³/mol. The number of carbonyl (C=O) groups is 1. The largest absolute Gasteiger partial charge is 0.315 e. The van der Waals surface area contributed by atoms with Crippen LogP contribution in [-0.2, 0) is 9.84 Å². The second kappa shape index (κ2) is 7.37. The Kier molecular flexibility index (Phi) is 5.05. The molecule has 0 bridgehead atoms. The monoisotopic (exact) mass is 414 g/mol. The molecule has 0 spiro atoms. The van der Waals surface area contributed by atoms with Crippen LogP contribution in [0.1, 0.15) is 35.7 Å². The molecule has 1 amide bonds. The SMILES string of the molecule is CC(C)c1ccccc1N1C(=NC(=O)c2ccccc2)S[C@@H]2CS(=O)(=O)C[C@@H]21. The van der Waals surface area contributed by atoms with Crippen molar-refractivity contribution >= 4 is 38.4 Å². The average Bonchev–Trinajstić information content (AvgIpc) is 3.13. The number of benzene rings is 2. The van der Waals surface area contributed by atoms with Crippen LogP contribution in [0.25, 0.3) is 0 Å². The maximum absolute atomic E-state index is 12.7. The molecule has 2 aromatic carbocycles. The van der Waals surface area contributed by atoms with Crippen molar-refractivity contribution in [3.05, 3.63) is 65.7 Å². The Labute approximate surface area is 169 Å². The van der Waals surface area contributed by atoms with E-state index in [2.05, 4.69) is 24.9 Å². The number of anilines is 1. The van der Waals surface area contributed by atoms with Crippen molar-refractivity contribution in [3.8, 4) is 0 Å². The number of para-hydroxylation sites is 1. The molecule has 2 fully saturated rings. The minimum Gasteiger partial charge on any atom is -0.315 e. The fourth-order valence-electron chi connectivity index (χ4n) is 3.77. The van der Waals surface area contributed by atoms with Crippen molar-refractivity contribution < 1.29 is 13.2 Å². The van der Waals surface area contributed by atoms with Crippen LogP contribution in [0.4, 0.5) is 5.69 Å². The van der Waals surface area contributed by atoms with E-state index >= 15 is 0 Å². The third-order valence-electron chi connectivity index (χ3n) is 5.10. The molecule has 0 saturated carbocycles. The van der Waals surface area contributed by atoms with Gasteiger partial charge in [-0.05, 0) is 29.7 Å². The molecule has 7 heteroatoms. The van der Waals surface area contributed by atoms with Crippen LogP contribution in [0.2, 0.25) is 0 Å². The lowest BCUT2D eigenvalue weighted by Gasteiger charge is -2.28. The van der Waals surface area contributed by atoms with E-state index in [1.54, 1.807) is 12.1 Å². The van der Waals surface area contributed by atoms with Crippen LogP contribution in [0.5, 0.6) is 0 Å². The summed E-state index contributed by atoms with van der Waals surface area (Å²) in [4.78, 5) is 19.1. The minimum absolute atomic E-state index is 0.0929. The summed E-state index contributed by atoms with van der Waals surface area (Å²) in [5.41, 5.74) is 2.58. The van der Waals surface area contributed by atoms with Gasteiger partial charge in [-0.3, -0.25) is 4.79 Å². The molecule has 2 aliphatic heterocycles. The van der Waals surface area contributed by atoms with Gasteiger partial charge in [-0.15, -0.1) is 0 Å².